The maximum atomic E-state index is 11.8. The minimum absolute atomic E-state index is 0.00923. The number of benzene rings is 1. The average molecular weight is 344 g/mol. The van der Waals surface area contributed by atoms with Crippen LogP contribution in [0.3, 0.4) is 0 Å². The number of carbonyl (C=O) groups excluding carboxylic acids is 1. The summed E-state index contributed by atoms with van der Waals surface area (Å²) in [7, 11) is 1.66. The summed E-state index contributed by atoms with van der Waals surface area (Å²) in [6, 6.07) is 3.89. The number of hydrogen-bond acceptors (Lipinski definition) is 4. The van der Waals surface area contributed by atoms with Crippen LogP contribution in [-0.4, -0.2) is 48.2 Å². The lowest BCUT2D eigenvalue weighted by Gasteiger charge is -2.42. The summed E-state index contributed by atoms with van der Waals surface area (Å²) in [6.07, 6.45) is 0.837. The van der Waals surface area contributed by atoms with Crippen LogP contribution in [0.2, 0.25) is 0 Å². The van der Waals surface area contributed by atoms with Crippen molar-refractivity contribution in [1.82, 2.24) is 10.2 Å². The Kier molecular flexibility index (Phi) is 4.54. The third kappa shape index (κ3) is 3.25. The number of hydrogen-bond donors (Lipinski definition) is 2. The number of phenols is 1. The molecule has 0 unspecified atom stereocenters. The molecule has 5 heteroatoms. The molecule has 3 rings (SSSR count). The van der Waals surface area contributed by atoms with Gasteiger partial charge in [0.2, 0.25) is 5.91 Å². The zero-order chi connectivity index (χ0) is 18.4. The summed E-state index contributed by atoms with van der Waals surface area (Å²) in [6.45, 7) is 10.2. The summed E-state index contributed by atoms with van der Waals surface area (Å²) in [4.78, 5) is 13.9. The largest absolute Gasteiger partial charge is 0.507 e. The molecule has 0 saturated carbocycles. The predicted molar refractivity (Wildman–Crippen MR) is 98.9 cm³/mol. The van der Waals surface area contributed by atoms with Gasteiger partial charge in [0, 0.05) is 20.1 Å². The van der Waals surface area contributed by atoms with Gasteiger partial charge in [0.1, 0.15) is 17.1 Å². The second-order valence-corrected chi connectivity index (χ2v) is 7.77. The zero-order valence-electron chi connectivity index (χ0n) is 15.8. The number of nitrogens with one attached hydrogen (secondary N) is 1. The van der Waals surface area contributed by atoms with Crippen molar-refractivity contribution in [2.45, 2.75) is 45.6 Å². The minimum Gasteiger partial charge on any atom is -0.507 e. The van der Waals surface area contributed by atoms with E-state index >= 15 is 0 Å². The highest BCUT2D eigenvalue weighted by Gasteiger charge is 2.39. The van der Waals surface area contributed by atoms with Gasteiger partial charge in [-0.05, 0) is 55.0 Å². The third-order valence-corrected chi connectivity index (χ3v) is 5.23. The standard InChI is InChI=1S/C20H28N2O3/c1-12(2)13-8-16(23)19-14-10-22(11-18(24)21-5)7-6-15(14)20(3,4)25-17(19)9-13/h8-9,12,23H,6-7,10-11H2,1-5H3,(H,21,24). The van der Waals surface area contributed by atoms with Gasteiger partial charge >= 0.3 is 0 Å². The molecule has 2 aliphatic heterocycles. The second-order valence-electron chi connectivity index (χ2n) is 7.77. The van der Waals surface area contributed by atoms with E-state index in [2.05, 4.69) is 37.9 Å². The molecule has 0 atom stereocenters. The van der Waals surface area contributed by atoms with Crippen molar-refractivity contribution in [3.63, 3.8) is 0 Å². The number of amides is 1. The molecule has 2 aliphatic rings. The Morgan fingerprint density at radius 3 is 2.76 bits per heavy atom. The Morgan fingerprint density at radius 1 is 1.40 bits per heavy atom. The molecular weight excluding hydrogens is 316 g/mol. The van der Waals surface area contributed by atoms with Crippen LogP contribution in [0.4, 0.5) is 0 Å². The number of likely N-dealkylation sites (N-methyl/N-ethyl adjacent to an activating group) is 1. The molecule has 25 heavy (non-hydrogen) atoms. The molecule has 0 saturated heterocycles. The fraction of sp³-hybridized carbons (Fsp3) is 0.550. The topological polar surface area (TPSA) is 61.8 Å². The van der Waals surface area contributed by atoms with Crippen LogP contribution in [0.15, 0.2) is 17.7 Å². The molecule has 0 fully saturated rings. The second kappa shape index (κ2) is 6.37. The van der Waals surface area contributed by atoms with Crippen LogP contribution >= 0.6 is 0 Å². The summed E-state index contributed by atoms with van der Waals surface area (Å²) in [5.74, 6) is 1.34. The van der Waals surface area contributed by atoms with Crippen molar-refractivity contribution in [3.8, 4) is 11.5 Å². The molecule has 5 nitrogen and oxygen atoms in total. The Hall–Kier alpha value is -2.01. The first-order valence-electron chi connectivity index (χ1n) is 8.94. The van der Waals surface area contributed by atoms with E-state index in [0.29, 0.717) is 19.0 Å². The van der Waals surface area contributed by atoms with Crippen molar-refractivity contribution < 1.29 is 14.6 Å². The Balaban J connectivity index is 2.04. The lowest BCUT2D eigenvalue weighted by Crippen LogP contribution is -2.44. The van der Waals surface area contributed by atoms with Gasteiger partial charge in [-0.15, -0.1) is 0 Å². The van der Waals surface area contributed by atoms with E-state index in [4.69, 9.17) is 4.74 Å². The van der Waals surface area contributed by atoms with Crippen LogP contribution in [0.1, 0.15) is 51.2 Å². The Bertz CT molecular complexity index is 735. The Morgan fingerprint density at radius 2 is 2.12 bits per heavy atom. The SMILES string of the molecule is CNC(=O)CN1CCC2=C(C1)c1c(O)cc(C(C)C)cc1OC2(C)C. The van der Waals surface area contributed by atoms with Gasteiger partial charge in [-0.25, -0.2) is 0 Å². The van der Waals surface area contributed by atoms with Crippen molar-refractivity contribution >= 4 is 11.5 Å². The van der Waals surface area contributed by atoms with Crippen LogP contribution in [0.25, 0.3) is 5.57 Å². The molecule has 0 bridgehead atoms. The van der Waals surface area contributed by atoms with Gasteiger partial charge in [0.25, 0.3) is 0 Å². The third-order valence-electron chi connectivity index (χ3n) is 5.23. The van der Waals surface area contributed by atoms with Crippen molar-refractivity contribution in [3.05, 3.63) is 28.8 Å². The Labute approximate surface area is 149 Å². The summed E-state index contributed by atoms with van der Waals surface area (Å²) >= 11 is 0. The van der Waals surface area contributed by atoms with Crippen molar-refractivity contribution in [1.29, 1.82) is 0 Å². The highest BCUT2D eigenvalue weighted by atomic mass is 16.5. The molecule has 2 N–H and O–H groups in total. The van der Waals surface area contributed by atoms with Gasteiger partial charge in [0.15, 0.2) is 0 Å². The van der Waals surface area contributed by atoms with Crippen LogP contribution in [-0.2, 0) is 4.79 Å². The van der Waals surface area contributed by atoms with E-state index in [1.807, 2.05) is 12.1 Å². The first-order valence-corrected chi connectivity index (χ1v) is 8.94. The molecule has 0 spiro atoms. The number of ether oxygens (including phenoxy) is 1. The fourth-order valence-corrected chi connectivity index (χ4v) is 3.81. The number of fused-ring (bicyclic) bond motifs is 2. The quantitative estimate of drug-likeness (QED) is 0.885. The van der Waals surface area contributed by atoms with Gasteiger partial charge < -0.3 is 15.2 Å². The maximum Gasteiger partial charge on any atom is 0.233 e. The first-order chi connectivity index (χ1) is 11.7. The normalized spacial score (nSPS) is 19.3. The molecule has 1 amide bonds. The van der Waals surface area contributed by atoms with Gasteiger partial charge in [-0.2, -0.15) is 0 Å². The minimum atomic E-state index is -0.399. The lowest BCUT2D eigenvalue weighted by atomic mass is 9.81. The van der Waals surface area contributed by atoms with E-state index in [0.717, 1.165) is 35.4 Å². The van der Waals surface area contributed by atoms with E-state index < -0.39 is 5.60 Å². The molecule has 0 aromatic heterocycles. The van der Waals surface area contributed by atoms with Gasteiger partial charge in [-0.1, -0.05) is 13.8 Å². The monoisotopic (exact) mass is 344 g/mol. The molecule has 0 aliphatic carbocycles. The number of nitrogens with zero attached hydrogens (tertiary/aromatic N) is 1. The molecule has 2 heterocycles. The van der Waals surface area contributed by atoms with Crippen LogP contribution in [0, 0.1) is 0 Å². The average Bonchev–Trinajstić information content (AvgIpc) is 2.53. The zero-order valence-corrected chi connectivity index (χ0v) is 15.8. The molecule has 1 aromatic carbocycles. The predicted octanol–water partition coefficient (Wildman–Crippen LogP) is 2.89. The maximum absolute atomic E-state index is 11.8. The summed E-state index contributed by atoms with van der Waals surface area (Å²) in [5.41, 5.74) is 3.79. The van der Waals surface area contributed by atoms with Crippen LogP contribution in [0.5, 0.6) is 11.5 Å². The number of phenolic OH excluding ortho intramolecular Hbond substituents is 1. The summed E-state index contributed by atoms with van der Waals surface area (Å²) < 4.78 is 6.28. The highest BCUT2D eigenvalue weighted by molar-refractivity contribution is 5.83. The molecule has 136 valence electrons. The molecule has 1 aromatic rings. The van der Waals surface area contributed by atoms with E-state index in [1.54, 1.807) is 7.05 Å². The fourth-order valence-electron chi connectivity index (χ4n) is 3.81. The number of rotatable bonds is 3. The molecular formula is C20H28N2O3. The first kappa shape index (κ1) is 17.8. The van der Waals surface area contributed by atoms with Gasteiger partial charge in [-0.3, -0.25) is 9.69 Å². The smallest absolute Gasteiger partial charge is 0.233 e. The van der Waals surface area contributed by atoms with E-state index in [-0.39, 0.29) is 11.7 Å². The number of carbonyl (C=O) groups is 1. The molecule has 0 radical (unpaired) electrons. The summed E-state index contributed by atoms with van der Waals surface area (Å²) in [5, 5.41) is 13.4. The van der Waals surface area contributed by atoms with E-state index in [1.165, 1.54) is 5.57 Å². The van der Waals surface area contributed by atoms with Crippen LogP contribution < -0.4 is 10.1 Å². The number of aromatic hydroxyl groups is 1. The van der Waals surface area contributed by atoms with Crippen molar-refractivity contribution in [2.24, 2.45) is 0 Å². The van der Waals surface area contributed by atoms with E-state index in [9.17, 15) is 9.90 Å². The van der Waals surface area contributed by atoms with Gasteiger partial charge in [0.05, 0.1) is 12.1 Å². The highest BCUT2D eigenvalue weighted by Crippen LogP contribution is 2.48. The van der Waals surface area contributed by atoms with Crippen molar-refractivity contribution in [2.75, 3.05) is 26.7 Å². The lowest BCUT2D eigenvalue weighted by molar-refractivity contribution is -0.121.